The predicted octanol–water partition coefficient (Wildman–Crippen LogP) is 4.66. The number of ether oxygens (including phenoxy) is 4. The lowest BCUT2D eigenvalue weighted by Gasteiger charge is -2.26. The van der Waals surface area contributed by atoms with Gasteiger partial charge in [-0.15, -0.1) is 0 Å². The first-order valence-corrected chi connectivity index (χ1v) is 14.8. The van der Waals surface area contributed by atoms with Crippen LogP contribution in [0.5, 0.6) is 17.2 Å². The van der Waals surface area contributed by atoms with E-state index in [9.17, 15) is 19.2 Å². The largest absolute Gasteiger partial charge is 0.497 e. The van der Waals surface area contributed by atoms with Gasteiger partial charge in [-0.25, -0.2) is 4.79 Å². The molecule has 0 aliphatic heterocycles. The third kappa shape index (κ3) is 10.4. The number of urea groups is 1. The van der Waals surface area contributed by atoms with Crippen molar-refractivity contribution in [2.24, 2.45) is 5.92 Å². The highest BCUT2D eigenvalue weighted by molar-refractivity contribution is 6.00. The number of amides is 4. The van der Waals surface area contributed by atoms with Gasteiger partial charge in [0.1, 0.15) is 17.2 Å². The molecule has 0 fully saturated rings. The van der Waals surface area contributed by atoms with Crippen molar-refractivity contribution in [3.8, 4) is 17.2 Å². The molecule has 0 saturated carbocycles. The van der Waals surface area contributed by atoms with Gasteiger partial charge >= 0.3 is 12.0 Å². The molecule has 0 unspecified atom stereocenters. The lowest BCUT2D eigenvalue weighted by Crippen LogP contribution is -2.42. The third-order valence-corrected chi connectivity index (χ3v) is 7.00. The van der Waals surface area contributed by atoms with Gasteiger partial charge < -0.3 is 39.4 Å². The molecule has 0 bridgehead atoms. The number of esters is 1. The molecule has 0 aromatic heterocycles. The van der Waals surface area contributed by atoms with Crippen LogP contribution in [-0.2, 0) is 25.5 Å². The fraction of sp³-hybridized carbons (Fsp3) is 0.353. The SMILES string of the molecule is COC(=O)Cc1cccc(NC(=O)NCC(=O)N(CCC(C)C)c2ccccc2OCC(=O)N(C)c2cc(OC)cc(OC)c2)c1. The second kappa shape index (κ2) is 17.3. The number of hydrogen-bond donors (Lipinski definition) is 2. The van der Waals surface area contributed by atoms with Gasteiger partial charge in [0.2, 0.25) is 5.91 Å². The molecule has 0 heterocycles. The number of anilines is 3. The highest BCUT2D eigenvalue weighted by Gasteiger charge is 2.22. The van der Waals surface area contributed by atoms with Crippen molar-refractivity contribution in [3.05, 3.63) is 72.3 Å². The molecular weight excluding hydrogens is 592 g/mol. The van der Waals surface area contributed by atoms with Crippen LogP contribution in [0.4, 0.5) is 21.9 Å². The van der Waals surface area contributed by atoms with E-state index >= 15 is 0 Å². The lowest BCUT2D eigenvalue weighted by atomic mass is 10.1. The molecule has 3 aromatic rings. The zero-order valence-electron chi connectivity index (χ0n) is 27.1. The van der Waals surface area contributed by atoms with Gasteiger partial charge in [-0.3, -0.25) is 14.4 Å². The quantitative estimate of drug-likeness (QED) is 0.231. The zero-order chi connectivity index (χ0) is 33.6. The highest BCUT2D eigenvalue weighted by Crippen LogP contribution is 2.30. The maximum absolute atomic E-state index is 13.5. The van der Waals surface area contributed by atoms with Crippen molar-refractivity contribution in [1.29, 1.82) is 0 Å². The van der Waals surface area contributed by atoms with Gasteiger partial charge in [-0.2, -0.15) is 0 Å². The van der Waals surface area contributed by atoms with E-state index in [-0.39, 0.29) is 31.4 Å². The molecule has 0 saturated heterocycles. The highest BCUT2D eigenvalue weighted by atomic mass is 16.5. The van der Waals surface area contributed by atoms with Crippen LogP contribution >= 0.6 is 0 Å². The van der Waals surface area contributed by atoms with Crippen molar-refractivity contribution in [2.75, 3.05) is 63.2 Å². The van der Waals surface area contributed by atoms with Crippen LogP contribution in [0.2, 0.25) is 0 Å². The van der Waals surface area contributed by atoms with Crippen LogP contribution in [-0.4, -0.2) is 71.9 Å². The minimum absolute atomic E-state index is 0.0655. The molecule has 12 nitrogen and oxygen atoms in total. The standard InChI is InChI=1S/C34H42N4O8/c1-23(2)14-15-38(31(39)21-35-34(42)36-25-11-9-10-24(16-25)17-33(41)45-6)29-12-7-8-13-30(29)46-22-32(40)37(3)26-18-27(43-4)20-28(19-26)44-5/h7-13,16,18-20,23H,14-15,17,21-22H2,1-6H3,(H2,35,36,42). The van der Waals surface area contributed by atoms with E-state index in [1.165, 1.54) is 26.2 Å². The molecule has 246 valence electrons. The van der Waals surface area contributed by atoms with Gasteiger partial charge in [-0.1, -0.05) is 38.1 Å². The Kier molecular flexibility index (Phi) is 13.2. The number of hydrogen-bond acceptors (Lipinski definition) is 8. The Bertz CT molecular complexity index is 1490. The first kappa shape index (κ1) is 35.2. The van der Waals surface area contributed by atoms with Crippen molar-refractivity contribution >= 4 is 40.9 Å². The van der Waals surface area contributed by atoms with E-state index in [0.29, 0.717) is 58.8 Å². The molecule has 0 aliphatic rings. The number of carbonyl (C=O) groups is 4. The van der Waals surface area contributed by atoms with Crippen LogP contribution in [0.25, 0.3) is 0 Å². The van der Waals surface area contributed by atoms with E-state index in [1.54, 1.807) is 78.7 Å². The van der Waals surface area contributed by atoms with Gasteiger partial charge in [0.25, 0.3) is 5.91 Å². The molecule has 2 N–H and O–H groups in total. The lowest BCUT2D eigenvalue weighted by molar-refractivity contribution is -0.139. The fourth-order valence-corrected chi connectivity index (χ4v) is 4.36. The molecule has 3 aromatic carbocycles. The van der Waals surface area contributed by atoms with Gasteiger partial charge in [-0.05, 0) is 42.2 Å². The summed E-state index contributed by atoms with van der Waals surface area (Å²) < 4.78 is 21.3. The molecule has 3 rings (SSSR count). The minimum atomic E-state index is -0.584. The van der Waals surface area contributed by atoms with Crippen molar-refractivity contribution in [3.63, 3.8) is 0 Å². The summed E-state index contributed by atoms with van der Waals surface area (Å²) in [5.74, 6) is 0.621. The zero-order valence-corrected chi connectivity index (χ0v) is 27.1. The number of carbonyl (C=O) groups excluding carboxylic acids is 4. The second-order valence-electron chi connectivity index (χ2n) is 10.8. The van der Waals surface area contributed by atoms with E-state index in [1.807, 2.05) is 13.8 Å². The van der Waals surface area contributed by atoms with Gasteiger partial charge in [0.15, 0.2) is 6.61 Å². The molecule has 12 heteroatoms. The number of nitrogens with zero attached hydrogens (tertiary/aromatic N) is 2. The van der Waals surface area contributed by atoms with E-state index < -0.39 is 12.0 Å². The first-order valence-electron chi connectivity index (χ1n) is 14.8. The average molecular weight is 635 g/mol. The predicted molar refractivity (Wildman–Crippen MR) is 176 cm³/mol. The summed E-state index contributed by atoms with van der Waals surface area (Å²) in [6, 6.07) is 18.3. The first-order chi connectivity index (χ1) is 22.0. The molecule has 46 heavy (non-hydrogen) atoms. The smallest absolute Gasteiger partial charge is 0.319 e. The molecule has 0 radical (unpaired) electrons. The minimum Gasteiger partial charge on any atom is -0.497 e. The third-order valence-electron chi connectivity index (χ3n) is 7.00. The average Bonchev–Trinajstić information content (AvgIpc) is 3.06. The van der Waals surface area contributed by atoms with Crippen LogP contribution in [0, 0.1) is 5.92 Å². The van der Waals surface area contributed by atoms with Gasteiger partial charge in [0, 0.05) is 37.5 Å². The van der Waals surface area contributed by atoms with Crippen LogP contribution < -0.4 is 34.6 Å². The maximum atomic E-state index is 13.5. The molecule has 4 amide bonds. The van der Waals surface area contributed by atoms with Crippen LogP contribution in [0.3, 0.4) is 0 Å². The van der Waals surface area contributed by atoms with Crippen molar-refractivity contribution in [1.82, 2.24) is 5.32 Å². The summed E-state index contributed by atoms with van der Waals surface area (Å²) in [4.78, 5) is 53.9. The van der Waals surface area contributed by atoms with E-state index in [2.05, 4.69) is 10.6 Å². The molecule has 0 aliphatic carbocycles. The Morgan fingerprint density at radius 1 is 0.848 bits per heavy atom. The summed E-state index contributed by atoms with van der Waals surface area (Å²) in [5.41, 5.74) is 2.17. The number of likely N-dealkylation sites (N-methyl/N-ethyl adjacent to an activating group) is 1. The Labute approximate surface area is 269 Å². The Hall–Kier alpha value is -5.26. The summed E-state index contributed by atoms with van der Waals surface area (Å²) in [6.07, 6.45) is 0.759. The molecule has 0 spiro atoms. The summed E-state index contributed by atoms with van der Waals surface area (Å²) in [6.45, 7) is 3.88. The molecular formula is C34H42N4O8. The number of nitrogens with one attached hydrogen (secondary N) is 2. The number of rotatable bonds is 15. The fourth-order valence-electron chi connectivity index (χ4n) is 4.36. The Morgan fingerprint density at radius 2 is 1.54 bits per heavy atom. The van der Waals surface area contributed by atoms with E-state index in [4.69, 9.17) is 18.9 Å². The topological polar surface area (TPSA) is 136 Å². The summed E-state index contributed by atoms with van der Waals surface area (Å²) in [5, 5.41) is 5.29. The summed E-state index contributed by atoms with van der Waals surface area (Å²) >= 11 is 0. The maximum Gasteiger partial charge on any atom is 0.319 e. The second-order valence-corrected chi connectivity index (χ2v) is 10.8. The van der Waals surface area contributed by atoms with Crippen LogP contribution in [0.1, 0.15) is 25.8 Å². The summed E-state index contributed by atoms with van der Waals surface area (Å²) in [7, 11) is 5.99. The normalized spacial score (nSPS) is 10.5. The number of benzene rings is 3. The van der Waals surface area contributed by atoms with Crippen molar-refractivity contribution in [2.45, 2.75) is 26.7 Å². The van der Waals surface area contributed by atoms with Crippen LogP contribution in [0.15, 0.2) is 66.7 Å². The Morgan fingerprint density at radius 3 is 2.20 bits per heavy atom. The monoisotopic (exact) mass is 634 g/mol. The molecule has 0 atom stereocenters. The Balaban J connectivity index is 1.70. The number of para-hydroxylation sites is 2. The van der Waals surface area contributed by atoms with Crippen molar-refractivity contribution < 1.29 is 38.1 Å². The van der Waals surface area contributed by atoms with Gasteiger partial charge in [0.05, 0.1) is 45.7 Å². The number of methoxy groups -OCH3 is 3. The van der Waals surface area contributed by atoms with E-state index in [0.717, 1.165) is 0 Å².